The van der Waals surface area contributed by atoms with Crippen molar-refractivity contribution in [2.24, 2.45) is 10.7 Å². The third-order valence-electron chi connectivity index (χ3n) is 5.62. The Balaban J connectivity index is 1.69. The van der Waals surface area contributed by atoms with Gasteiger partial charge < -0.3 is 10.6 Å². The fourth-order valence-corrected chi connectivity index (χ4v) is 3.87. The zero-order valence-electron chi connectivity index (χ0n) is 19.9. The van der Waals surface area contributed by atoms with E-state index >= 15 is 4.39 Å². The molecule has 0 spiro atoms. The van der Waals surface area contributed by atoms with Crippen LogP contribution in [-0.4, -0.2) is 45.1 Å². The minimum atomic E-state index is -0.581. The minimum Gasteiger partial charge on any atom is -0.405 e. The number of rotatable bonds is 5. The van der Waals surface area contributed by atoms with Crippen LogP contribution in [0.5, 0.6) is 0 Å². The van der Waals surface area contributed by atoms with E-state index in [4.69, 9.17) is 5.73 Å². The van der Waals surface area contributed by atoms with Crippen molar-refractivity contribution in [3.05, 3.63) is 94.8 Å². The van der Waals surface area contributed by atoms with E-state index < -0.39 is 5.82 Å². The smallest absolute Gasteiger partial charge is 0.325 e. The summed E-state index contributed by atoms with van der Waals surface area (Å²) in [4.78, 5) is 33.2. The molecule has 4 rings (SSSR count). The number of carbonyl (C=O) groups excluding carboxylic acids is 1. The van der Waals surface area contributed by atoms with Crippen molar-refractivity contribution in [3.63, 3.8) is 0 Å². The monoisotopic (exact) mass is 474 g/mol. The van der Waals surface area contributed by atoms with Gasteiger partial charge in [0, 0.05) is 36.6 Å². The number of urea groups is 1. The van der Waals surface area contributed by atoms with Gasteiger partial charge in [0.2, 0.25) is 5.43 Å². The van der Waals surface area contributed by atoms with E-state index in [9.17, 15) is 9.59 Å². The molecular weight excluding hydrogens is 447 g/mol. The number of nitrogens with zero attached hydrogens (tertiary/aromatic N) is 5. The molecule has 35 heavy (non-hydrogen) atoms. The van der Waals surface area contributed by atoms with E-state index in [-0.39, 0.29) is 34.1 Å². The molecule has 0 aliphatic carbocycles. The lowest BCUT2D eigenvalue weighted by Crippen LogP contribution is -2.44. The van der Waals surface area contributed by atoms with Gasteiger partial charge in [0.15, 0.2) is 11.5 Å². The molecule has 1 aliphatic rings. The Morgan fingerprint density at radius 1 is 1.09 bits per heavy atom. The van der Waals surface area contributed by atoms with Crippen molar-refractivity contribution in [2.45, 2.75) is 26.3 Å². The molecule has 2 N–H and O–H groups in total. The lowest BCUT2D eigenvalue weighted by Gasteiger charge is -2.31. The Morgan fingerprint density at radius 3 is 2.46 bits per heavy atom. The Hall–Kier alpha value is -4.27. The summed E-state index contributed by atoms with van der Waals surface area (Å²) in [6.45, 7) is 6.93. The van der Waals surface area contributed by atoms with Crippen LogP contribution in [-0.2, 0) is 0 Å². The predicted octanol–water partition coefficient (Wildman–Crippen LogP) is 4.01. The molecule has 2 amide bonds. The molecule has 1 fully saturated rings. The van der Waals surface area contributed by atoms with Gasteiger partial charge >= 0.3 is 6.03 Å². The van der Waals surface area contributed by atoms with E-state index in [1.807, 2.05) is 39.0 Å². The fraction of sp³-hybridized carbons (Fsp3) is 0.231. The summed E-state index contributed by atoms with van der Waals surface area (Å²) in [5.74, 6) is -0.581. The number of hydrogen-bond donors (Lipinski definition) is 1. The molecule has 1 aliphatic heterocycles. The molecule has 2 aromatic carbocycles. The van der Waals surface area contributed by atoms with Crippen LogP contribution in [0.15, 0.2) is 82.9 Å². The molecule has 1 aromatic heterocycles. The highest BCUT2D eigenvalue weighted by Crippen LogP contribution is 2.27. The molecule has 8 nitrogen and oxygen atoms in total. The first-order valence-corrected chi connectivity index (χ1v) is 11.2. The average Bonchev–Trinajstić information content (AvgIpc) is 3.22. The highest BCUT2D eigenvalue weighted by molar-refractivity contribution is 6.08. The maximum absolute atomic E-state index is 15.2. The van der Waals surface area contributed by atoms with E-state index in [2.05, 4.69) is 10.1 Å². The highest BCUT2D eigenvalue weighted by Gasteiger charge is 2.36. The molecule has 2 heterocycles. The lowest BCUT2D eigenvalue weighted by molar-refractivity contribution is 0.173. The minimum absolute atomic E-state index is 0.0251. The van der Waals surface area contributed by atoms with Gasteiger partial charge in [-0.05, 0) is 63.4 Å². The normalized spacial score (nSPS) is 14.9. The summed E-state index contributed by atoms with van der Waals surface area (Å²) in [7, 11) is 0. The van der Waals surface area contributed by atoms with E-state index in [1.165, 1.54) is 41.4 Å². The first kappa shape index (κ1) is 23.9. The van der Waals surface area contributed by atoms with Gasteiger partial charge in [0.1, 0.15) is 5.69 Å². The standard InChI is InChI=1S/C26H27FN6O2/c1-26(2,3)32-16-15-31(25(32)35)19-9-10-22(20(27)17-19)33-14-12-23(34)24(30-33)21(11-13-28)29-18-7-5-4-6-8-18/h4-14,17H,15-16,28H2,1-3H3. The van der Waals surface area contributed by atoms with Crippen molar-refractivity contribution in [2.75, 3.05) is 18.0 Å². The number of halogens is 1. The van der Waals surface area contributed by atoms with Crippen LogP contribution in [0.4, 0.5) is 20.6 Å². The third-order valence-corrected chi connectivity index (χ3v) is 5.62. The molecule has 180 valence electrons. The van der Waals surface area contributed by atoms with Crippen molar-refractivity contribution in [3.8, 4) is 5.69 Å². The maximum Gasteiger partial charge on any atom is 0.325 e. The number of hydrogen-bond acceptors (Lipinski definition) is 5. The van der Waals surface area contributed by atoms with Crippen molar-refractivity contribution >= 4 is 23.1 Å². The number of benzene rings is 2. The Morgan fingerprint density at radius 2 is 1.83 bits per heavy atom. The van der Waals surface area contributed by atoms with Crippen molar-refractivity contribution < 1.29 is 9.18 Å². The zero-order valence-corrected chi connectivity index (χ0v) is 19.9. The number of aromatic nitrogens is 2. The SMILES string of the molecule is CC(C)(C)N1CCN(c2ccc(-n3ccc(=O)c(C(C=CN)=Nc4ccccc4)n3)c(F)c2)C1=O. The van der Waals surface area contributed by atoms with Crippen LogP contribution in [0.3, 0.4) is 0 Å². The van der Waals surface area contributed by atoms with Crippen LogP contribution >= 0.6 is 0 Å². The van der Waals surface area contributed by atoms with Crippen LogP contribution in [0, 0.1) is 5.82 Å². The lowest BCUT2D eigenvalue weighted by atomic mass is 10.1. The quantitative estimate of drug-likeness (QED) is 0.565. The molecular formula is C26H27FN6O2. The number of anilines is 1. The molecule has 0 bridgehead atoms. The fourth-order valence-electron chi connectivity index (χ4n) is 3.87. The number of para-hydroxylation sites is 1. The van der Waals surface area contributed by atoms with Crippen LogP contribution in [0.2, 0.25) is 0 Å². The summed E-state index contributed by atoms with van der Waals surface area (Å²) in [5, 5.41) is 4.34. The molecule has 3 aromatic rings. The number of carbonyl (C=O) groups is 1. The van der Waals surface area contributed by atoms with Gasteiger partial charge in [-0.1, -0.05) is 18.2 Å². The number of aliphatic imine (C=N–C) groups is 1. The van der Waals surface area contributed by atoms with Crippen LogP contribution in [0.25, 0.3) is 5.69 Å². The van der Waals surface area contributed by atoms with Crippen LogP contribution in [0.1, 0.15) is 26.5 Å². The first-order valence-electron chi connectivity index (χ1n) is 11.2. The first-order chi connectivity index (χ1) is 16.7. The zero-order chi connectivity index (χ0) is 25.2. The van der Waals surface area contributed by atoms with Crippen molar-refractivity contribution in [1.82, 2.24) is 14.7 Å². The second-order valence-corrected chi connectivity index (χ2v) is 9.06. The number of nitrogens with two attached hydrogens (primary N) is 1. The highest BCUT2D eigenvalue weighted by atomic mass is 19.1. The summed E-state index contributed by atoms with van der Waals surface area (Å²) in [5.41, 5.74) is 6.36. The van der Waals surface area contributed by atoms with Gasteiger partial charge in [0.25, 0.3) is 0 Å². The van der Waals surface area contributed by atoms with E-state index in [1.54, 1.807) is 28.0 Å². The number of allylic oxidation sites excluding steroid dienone is 1. The van der Waals surface area contributed by atoms with Crippen molar-refractivity contribution in [1.29, 1.82) is 0 Å². The summed E-state index contributed by atoms with van der Waals surface area (Å²) >= 11 is 0. The molecule has 9 heteroatoms. The number of amides is 2. The largest absolute Gasteiger partial charge is 0.405 e. The Labute approximate surface area is 202 Å². The third kappa shape index (κ3) is 4.98. The summed E-state index contributed by atoms with van der Waals surface area (Å²) in [6, 6.07) is 14.7. The molecule has 0 saturated carbocycles. The Bertz CT molecular complexity index is 1360. The van der Waals surface area contributed by atoms with Crippen LogP contribution < -0.4 is 16.1 Å². The van der Waals surface area contributed by atoms with Gasteiger partial charge in [-0.2, -0.15) is 5.10 Å². The molecule has 0 radical (unpaired) electrons. The predicted molar refractivity (Wildman–Crippen MR) is 135 cm³/mol. The van der Waals surface area contributed by atoms with Gasteiger partial charge in [-0.15, -0.1) is 0 Å². The van der Waals surface area contributed by atoms with E-state index in [0.29, 0.717) is 24.5 Å². The second-order valence-electron chi connectivity index (χ2n) is 9.06. The topological polar surface area (TPSA) is 96.8 Å². The average molecular weight is 475 g/mol. The second kappa shape index (κ2) is 9.54. The molecule has 0 unspecified atom stereocenters. The van der Waals surface area contributed by atoms with Gasteiger partial charge in [-0.25, -0.2) is 18.9 Å². The molecule has 1 saturated heterocycles. The molecule has 0 atom stereocenters. The maximum atomic E-state index is 15.2. The van der Waals surface area contributed by atoms with E-state index in [0.717, 1.165) is 0 Å². The Kier molecular flexibility index (Phi) is 6.50. The van der Waals surface area contributed by atoms with Gasteiger partial charge in [0.05, 0.1) is 11.4 Å². The summed E-state index contributed by atoms with van der Waals surface area (Å²) < 4.78 is 16.5. The van der Waals surface area contributed by atoms with Gasteiger partial charge in [-0.3, -0.25) is 9.69 Å². The summed E-state index contributed by atoms with van der Waals surface area (Å²) in [6.07, 6.45) is 4.13.